The van der Waals surface area contributed by atoms with Crippen molar-refractivity contribution in [1.82, 2.24) is 0 Å². The van der Waals surface area contributed by atoms with E-state index in [4.69, 9.17) is 9.47 Å². The Morgan fingerprint density at radius 2 is 1.71 bits per heavy atom. The third kappa shape index (κ3) is 2.10. The largest absolute Gasteiger partial charge is 0.457 e. The molecule has 0 spiro atoms. The fourth-order valence-electron chi connectivity index (χ4n) is 1.43. The van der Waals surface area contributed by atoms with Crippen molar-refractivity contribution >= 4 is 15.9 Å². The molecule has 2 rings (SSSR count). The van der Waals surface area contributed by atoms with Gasteiger partial charge in [-0.2, -0.15) is 0 Å². The predicted molar refractivity (Wildman–Crippen MR) is 57.6 cm³/mol. The zero-order chi connectivity index (χ0) is 10.0. The maximum absolute atomic E-state index is 5.36. The maximum atomic E-state index is 5.36. The molecule has 0 saturated heterocycles. The molecule has 3 heteroatoms. The van der Waals surface area contributed by atoms with Crippen molar-refractivity contribution in [1.29, 1.82) is 0 Å². The van der Waals surface area contributed by atoms with Crippen molar-refractivity contribution in [3.05, 3.63) is 46.8 Å². The van der Waals surface area contributed by atoms with E-state index in [9.17, 15) is 0 Å². The smallest absolute Gasteiger partial charge is 0.251 e. The highest BCUT2D eigenvalue weighted by molar-refractivity contribution is 9.10. The number of hydrogen-bond donors (Lipinski definition) is 0. The normalized spacial score (nSPS) is 17.6. The van der Waals surface area contributed by atoms with Crippen molar-refractivity contribution in [2.75, 3.05) is 0 Å². The summed E-state index contributed by atoms with van der Waals surface area (Å²) in [5.74, 6) is -0.534. The van der Waals surface area contributed by atoms with Gasteiger partial charge < -0.3 is 9.47 Å². The van der Waals surface area contributed by atoms with E-state index in [1.807, 2.05) is 19.1 Å². The van der Waals surface area contributed by atoms with E-state index in [1.165, 1.54) is 5.56 Å². The van der Waals surface area contributed by atoms with E-state index in [-0.39, 0.29) is 0 Å². The lowest BCUT2D eigenvalue weighted by Crippen LogP contribution is -2.28. The SMILES string of the molecule is CC1(Cc2ccc(Br)cc2)OC=CO1. The number of ether oxygens (including phenoxy) is 2. The van der Waals surface area contributed by atoms with Crippen molar-refractivity contribution in [3.8, 4) is 0 Å². The Bertz CT molecular complexity index is 335. The second-order valence-corrected chi connectivity index (χ2v) is 4.36. The van der Waals surface area contributed by atoms with Crippen LogP contribution in [0.25, 0.3) is 0 Å². The van der Waals surface area contributed by atoms with E-state index < -0.39 is 5.79 Å². The average Bonchev–Trinajstić information content (AvgIpc) is 2.57. The van der Waals surface area contributed by atoms with E-state index in [1.54, 1.807) is 12.5 Å². The zero-order valence-electron chi connectivity index (χ0n) is 7.87. The fourth-order valence-corrected chi connectivity index (χ4v) is 1.69. The second-order valence-electron chi connectivity index (χ2n) is 3.44. The Morgan fingerprint density at radius 1 is 1.14 bits per heavy atom. The second kappa shape index (κ2) is 3.65. The zero-order valence-corrected chi connectivity index (χ0v) is 9.45. The molecule has 74 valence electrons. The van der Waals surface area contributed by atoms with Crippen molar-refractivity contribution in [2.24, 2.45) is 0 Å². The van der Waals surface area contributed by atoms with Crippen LogP contribution in [0, 0.1) is 0 Å². The molecule has 0 radical (unpaired) electrons. The molecule has 14 heavy (non-hydrogen) atoms. The fraction of sp³-hybridized carbons (Fsp3) is 0.273. The van der Waals surface area contributed by atoms with Gasteiger partial charge in [0, 0.05) is 17.8 Å². The van der Waals surface area contributed by atoms with Crippen LogP contribution in [-0.2, 0) is 15.9 Å². The lowest BCUT2D eigenvalue weighted by Gasteiger charge is -2.22. The van der Waals surface area contributed by atoms with Gasteiger partial charge in [0.1, 0.15) is 12.5 Å². The van der Waals surface area contributed by atoms with Gasteiger partial charge in [0.25, 0.3) is 5.79 Å². The minimum Gasteiger partial charge on any atom is -0.457 e. The molecule has 0 N–H and O–H groups in total. The summed E-state index contributed by atoms with van der Waals surface area (Å²) in [6.45, 7) is 1.93. The summed E-state index contributed by atoms with van der Waals surface area (Å²) >= 11 is 3.40. The van der Waals surface area contributed by atoms with Crippen molar-refractivity contribution in [3.63, 3.8) is 0 Å². The summed E-state index contributed by atoms with van der Waals surface area (Å²) in [6, 6.07) is 8.14. The summed E-state index contributed by atoms with van der Waals surface area (Å²) < 4.78 is 11.8. The minimum atomic E-state index is -0.534. The van der Waals surface area contributed by atoms with Crippen LogP contribution >= 0.6 is 15.9 Å². The highest BCUT2D eigenvalue weighted by Gasteiger charge is 2.29. The third-order valence-corrected chi connectivity index (χ3v) is 2.66. The van der Waals surface area contributed by atoms with Gasteiger partial charge in [0.15, 0.2) is 0 Å². The highest BCUT2D eigenvalue weighted by Crippen LogP contribution is 2.24. The summed E-state index contributed by atoms with van der Waals surface area (Å²) in [4.78, 5) is 0. The Labute approximate surface area is 91.7 Å². The molecule has 2 nitrogen and oxygen atoms in total. The van der Waals surface area contributed by atoms with E-state index in [2.05, 4.69) is 28.1 Å². The molecule has 0 atom stereocenters. The van der Waals surface area contributed by atoms with Gasteiger partial charge in [0.05, 0.1) is 0 Å². The molecule has 1 aromatic rings. The summed E-state index contributed by atoms with van der Waals surface area (Å²) in [7, 11) is 0. The lowest BCUT2D eigenvalue weighted by atomic mass is 10.1. The van der Waals surface area contributed by atoms with Crippen LogP contribution in [0.1, 0.15) is 12.5 Å². The standard InChI is InChI=1S/C11H11BrO2/c1-11(13-6-7-14-11)8-9-2-4-10(12)5-3-9/h2-7H,8H2,1H3. The molecule has 1 heterocycles. The van der Waals surface area contributed by atoms with Crippen LogP contribution < -0.4 is 0 Å². The third-order valence-electron chi connectivity index (χ3n) is 2.13. The molecule has 1 aliphatic heterocycles. The molecule has 0 aromatic heterocycles. The Kier molecular flexibility index (Phi) is 2.50. The molecule has 0 fully saturated rings. The van der Waals surface area contributed by atoms with Crippen LogP contribution in [0.15, 0.2) is 41.3 Å². The van der Waals surface area contributed by atoms with Gasteiger partial charge in [-0.1, -0.05) is 28.1 Å². The average molecular weight is 255 g/mol. The van der Waals surface area contributed by atoms with Crippen LogP contribution in [-0.4, -0.2) is 5.79 Å². The van der Waals surface area contributed by atoms with Crippen LogP contribution in [0.4, 0.5) is 0 Å². The molecular weight excluding hydrogens is 244 g/mol. The topological polar surface area (TPSA) is 18.5 Å². The predicted octanol–water partition coefficient (Wildman–Crippen LogP) is 3.23. The number of rotatable bonds is 2. The van der Waals surface area contributed by atoms with Crippen LogP contribution in [0.2, 0.25) is 0 Å². The van der Waals surface area contributed by atoms with Crippen LogP contribution in [0.5, 0.6) is 0 Å². The van der Waals surface area contributed by atoms with E-state index in [0.29, 0.717) is 0 Å². The van der Waals surface area contributed by atoms with E-state index in [0.717, 1.165) is 10.9 Å². The molecule has 0 amide bonds. The molecule has 1 aromatic carbocycles. The van der Waals surface area contributed by atoms with Crippen molar-refractivity contribution in [2.45, 2.75) is 19.1 Å². The Hall–Kier alpha value is -0.960. The quantitative estimate of drug-likeness (QED) is 0.807. The monoisotopic (exact) mass is 254 g/mol. The summed E-state index contributed by atoms with van der Waals surface area (Å²) in [6.07, 6.45) is 3.91. The molecule has 1 aliphatic rings. The first-order valence-corrected chi connectivity index (χ1v) is 5.22. The summed E-state index contributed by atoms with van der Waals surface area (Å²) in [5.41, 5.74) is 1.19. The van der Waals surface area contributed by atoms with Gasteiger partial charge >= 0.3 is 0 Å². The van der Waals surface area contributed by atoms with Crippen LogP contribution in [0.3, 0.4) is 0 Å². The Morgan fingerprint density at radius 3 is 2.29 bits per heavy atom. The summed E-state index contributed by atoms with van der Waals surface area (Å²) in [5, 5.41) is 0. The Balaban J connectivity index is 2.07. The minimum absolute atomic E-state index is 0.534. The van der Waals surface area contributed by atoms with E-state index >= 15 is 0 Å². The first kappa shape index (κ1) is 9.59. The first-order chi connectivity index (χ1) is 6.68. The molecule has 0 bridgehead atoms. The van der Waals surface area contributed by atoms with Gasteiger partial charge in [-0.3, -0.25) is 0 Å². The van der Waals surface area contributed by atoms with Gasteiger partial charge in [0.2, 0.25) is 0 Å². The van der Waals surface area contributed by atoms with Gasteiger partial charge in [-0.05, 0) is 17.7 Å². The molecule has 0 aliphatic carbocycles. The molecule has 0 saturated carbocycles. The lowest BCUT2D eigenvalue weighted by molar-refractivity contribution is -0.124. The molecule has 0 unspecified atom stereocenters. The number of hydrogen-bond acceptors (Lipinski definition) is 2. The van der Waals surface area contributed by atoms with Gasteiger partial charge in [-0.25, -0.2) is 0 Å². The van der Waals surface area contributed by atoms with Crippen molar-refractivity contribution < 1.29 is 9.47 Å². The number of benzene rings is 1. The van der Waals surface area contributed by atoms with Gasteiger partial charge in [-0.15, -0.1) is 0 Å². The number of halogens is 1. The maximum Gasteiger partial charge on any atom is 0.251 e. The first-order valence-electron chi connectivity index (χ1n) is 4.43. The molecular formula is C11H11BrO2. The highest BCUT2D eigenvalue weighted by atomic mass is 79.9.